The van der Waals surface area contributed by atoms with Crippen molar-refractivity contribution < 1.29 is 9.90 Å². The molecule has 0 aliphatic heterocycles. The summed E-state index contributed by atoms with van der Waals surface area (Å²) in [4.78, 5) is 11.1. The van der Waals surface area contributed by atoms with E-state index >= 15 is 0 Å². The molecule has 2 rings (SSSR count). The van der Waals surface area contributed by atoms with Gasteiger partial charge in [-0.1, -0.05) is 23.7 Å². The second-order valence-electron chi connectivity index (χ2n) is 3.56. The smallest absolute Gasteiger partial charge is 0.339 e. The molecule has 0 bridgehead atoms. The largest absolute Gasteiger partial charge is 0.478 e. The Bertz CT molecular complexity index is 546. The molecule has 5 heteroatoms. The maximum atomic E-state index is 11.1. The van der Waals surface area contributed by atoms with Crippen LogP contribution in [0.4, 0.5) is 0 Å². The van der Waals surface area contributed by atoms with Crippen LogP contribution < -0.4 is 0 Å². The highest BCUT2D eigenvalue weighted by Crippen LogP contribution is 2.23. The minimum Gasteiger partial charge on any atom is -0.478 e. The Labute approximate surface area is 103 Å². The van der Waals surface area contributed by atoms with Crippen LogP contribution in [0.15, 0.2) is 30.5 Å². The molecule has 88 valence electrons. The summed E-state index contributed by atoms with van der Waals surface area (Å²) in [5.41, 5.74) is 1.42. The van der Waals surface area contributed by atoms with Gasteiger partial charge in [0.15, 0.2) is 0 Å². The molecule has 0 saturated carbocycles. The van der Waals surface area contributed by atoms with Crippen LogP contribution in [-0.2, 0) is 6.54 Å². The van der Waals surface area contributed by atoms with Gasteiger partial charge in [0.1, 0.15) is 11.3 Å². The predicted octanol–water partition coefficient (Wildman–Crippen LogP) is 2.92. The first-order valence-electron chi connectivity index (χ1n) is 5.18. The number of halogens is 1. The zero-order valence-electron chi connectivity index (χ0n) is 9.22. The van der Waals surface area contributed by atoms with E-state index in [2.05, 4.69) is 5.10 Å². The fourth-order valence-corrected chi connectivity index (χ4v) is 1.69. The van der Waals surface area contributed by atoms with Crippen molar-refractivity contribution >= 4 is 17.6 Å². The summed E-state index contributed by atoms with van der Waals surface area (Å²) in [6.07, 6.45) is 1.53. The number of hydrogen-bond donors (Lipinski definition) is 1. The Kier molecular flexibility index (Phi) is 3.15. The van der Waals surface area contributed by atoms with Crippen molar-refractivity contribution in [2.75, 3.05) is 0 Å². The first kappa shape index (κ1) is 11.7. The molecule has 0 radical (unpaired) electrons. The monoisotopic (exact) mass is 250 g/mol. The van der Waals surface area contributed by atoms with Gasteiger partial charge in [-0.25, -0.2) is 4.79 Å². The van der Waals surface area contributed by atoms with Gasteiger partial charge in [-0.05, 0) is 19.1 Å². The van der Waals surface area contributed by atoms with E-state index < -0.39 is 5.97 Å². The Morgan fingerprint density at radius 2 is 2.06 bits per heavy atom. The second-order valence-corrected chi connectivity index (χ2v) is 4.00. The molecule has 0 spiro atoms. The normalized spacial score (nSPS) is 10.5. The number of aromatic carboxylic acids is 1. The average molecular weight is 251 g/mol. The number of carbonyl (C=O) groups is 1. The van der Waals surface area contributed by atoms with Crippen molar-refractivity contribution in [1.82, 2.24) is 9.78 Å². The Morgan fingerprint density at radius 3 is 2.59 bits per heavy atom. The van der Waals surface area contributed by atoms with Crippen molar-refractivity contribution in [2.45, 2.75) is 13.5 Å². The van der Waals surface area contributed by atoms with Crippen LogP contribution in [0, 0.1) is 0 Å². The number of aryl methyl sites for hydroxylation is 1. The van der Waals surface area contributed by atoms with Crippen LogP contribution in [0.25, 0.3) is 11.3 Å². The molecule has 0 saturated heterocycles. The van der Waals surface area contributed by atoms with Crippen LogP contribution in [-0.4, -0.2) is 20.9 Å². The minimum atomic E-state index is -0.977. The van der Waals surface area contributed by atoms with E-state index in [4.69, 9.17) is 16.7 Å². The molecule has 0 amide bonds. The molecule has 0 aliphatic carbocycles. The van der Waals surface area contributed by atoms with E-state index in [0.717, 1.165) is 5.56 Å². The van der Waals surface area contributed by atoms with Gasteiger partial charge in [0.25, 0.3) is 0 Å². The highest BCUT2D eigenvalue weighted by atomic mass is 35.5. The number of nitrogens with zero attached hydrogens (tertiary/aromatic N) is 2. The Morgan fingerprint density at radius 1 is 1.41 bits per heavy atom. The molecule has 0 fully saturated rings. The molecule has 2 aromatic rings. The number of aromatic nitrogens is 2. The first-order chi connectivity index (χ1) is 8.11. The van der Waals surface area contributed by atoms with Crippen molar-refractivity contribution in [3.8, 4) is 11.3 Å². The molecular formula is C12H11ClN2O2. The third-order valence-corrected chi connectivity index (χ3v) is 2.69. The van der Waals surface area contributed by atoms with Gasteiger partial charge < -0.3 is 5.11 Å². The van der Waals surface area contributed by atoms with E-state index in [1.807, 2.05) is 6.92 Å². The molecule has 0 unspecified atom stereocenters. The summed E-state index contributed by atoms with van der Waals surface area (Å²) in [7, 11) is 0. The lowest BCUT2D eigenvalue weighted by molar-refractivity contribution is 0.0697. The molecule has 4 nitrogen and oxygen atoms in total. The first-order valence-corrected chi connectivity index (χ1v) is 5.56. The van der Waals surface area contributed by atoms with Gasteiger partial charge >= 0.3 is 5.97 Å². The van der Waals surface area contributed by atoms with E-state index in [-0.39, 0.29) is 5.56 Å². The Hall–Kier alpha value is -1.81. The summed E-state index contributed by atoms with van der Waals surface area (Å²) in [6.45, 7) is 2.54. The second kappa shape index (κ2) is 4.59. The molecule has 0 aliphatic rings. The number of rotatable bonds is 3. The standard InChI is InChI=1S/C12H11ClN2O2/c1-2-15-7-10(12(16)17)11(14-15)8-3-5-9(13)6-4-8/h3-7H,2H2,1H3,(H,16,17). The third kappa shape index (κ3) is 2.31. The lowest BCUT2D eigenvalue weighted by atomic mass is 10.1. The highest BCUT2D eigenvalue weighted by Gasteiger charge is 2.16. The number of carboxylic acids is 1. The van der Waals surface area contributed by atoms with Crippen LogP contribution in [0.3, 0.4) is 0 Å². The van der Waals surface area contributed by atoms with Gasteiger partial charge in [0.05, 0.1) is 0 Å². The lowest BCUT2D eigenvalue weighted by Gasteiger charge is -1.98. The van der Waals surface area contributed by atoms with Gasteiger partial charge in [-0.3, -0.25) is 4.68 Å². The van der Waals surface area contributed by atoms with Crippen molar-refractivity contribution in [1.29, 1.82) is 0 Å². The Balaban J connectivity index is 2.53. The third-order valence-electron chi connectivity index (χ3n) is 2.43. The molecule has 1 N–H and O–H groups in total. The van der Waals surface area contributed by atoms with Gasteiger partial charge in [-0.2, -0.15) is 5.10 Å². The van der Waals surface area contributed by atoms with Crippen LogP contribution in [0.1, 0.15) is 17.3 Å². The molecular weight excluding hydrogens is 240 g/mol. The van der Waals surface area contributed by atoms with Gasteiger partial charge in [-0.15, -0.1) is 0 Å². The number of carboxylic acid groups (broad SMARTS) is 1. The van der Waals surface area contributed by atoms with Crippen LogP contribution in [0.2, 0.25) is 5.02 Å². The lowest BCUT2D eigenvalue weighted by Crippen LogP contribution is -1.96. The van der Waals surface area contributed by atoms with Crippen LogP contribution in [0.5, 0.6) is 0 Å². The molecule has 1 aromatic carbocycles. The fraction of sp³-hybridized carbons (Fsp3) is 0.167. The maximum Gasteiger partial charge on any atom is 0.339 e. The predicted molar refractivity (Wildman–Crippen MR) is 65.3 cm³/mol. The van der Waals surface area contributed by atoms with E-state index in [0.29, 0.717) is 17.3 Å². The number of benzene rings is 1. The minimum absolute atomic E-state index is 0.203. The van der Waals surface area contributed by atoms with E-state index in [1.165, 1.54) is 6.20 Å². The van der Waals surface area contributed by atoms with Crippen molar-refractivity contribution in [3.05, 3.63) is 41.0 Å². The zero-order valence-corrected chi connectivity index (χ0v) is 9.98. The van der Waals surface area contributed by atoms with Crippen molar-refractivity contribution in [3.63, 3.8) is 0 Å². The summed E-state index contributed by atoms with van der Waals surface area (Å²) in [5, 5.41) is 14.0. The van der Waals surface area contributed by atoms with Gasteiger partial charge in [0.2, 0.25) is 0 Å². The summed E-state index contributed by atoms with van der Waals surface area (Å²) in [5.74, 6) is -0.977. The quantitative estimate of drug-likeness (QED) is 0.911. The summed E-state index contributed by atoms with van der Waals surface area (Å²) >= 11 is 5.79. The molecule has 1 heterocycles. The summed E-state index contributed by atoms with van der Waals surface area (Å²) in [6, 6.07) is 6.95. The zero-order chi connectivity index (χ0) is 12.4. The summed E-state index contributed by atoms with van der Waals surface area (Å²) < 4.78 is 1.60. The fourth-order valence-electron chi connectivity index (χ4n) is 1.56. The molecule has 17 heavy (non-hydrogen) atoms. The maximum absolute atomic E-state index is 11.1. The highest BCUT2D eigenvalue weighted by molar-refractivity contribution is 6.30. The average Bonchev–Trinajstić information content (AvgIpc) is 2.74. The van der Waals surface area contributed by atoms with Gasteiger partial charge in [0, 0.05) is 23.3 Å². The molecule has 1 aromatic heterocycles. The van der Waals surface area contributed by atoms with E-state index in [9.17, 15) is 4.79 Å². The van der Waals surface area contributed by atoms with Crippen LogP contribution >= 0.6 is 11.6 Å². The molecule has 0 atom stereocenters. The van der Waals surface area contributed by atoms with Crippen molar-refractivity contribution in [2.24, 2.45) is 0 Å². The topological polar surface area (TPSA) is 55.1 Å². The number of hydrogen-bond acceptors (Lipinski definition) is 2. The van der Waals surface area contributed by atoms with E-state index in [1.54, 1.807) is 28.9 Å². The SMILES string of the molecule is CCn1cc(C(=O)O)c(-c2ccc(Cl)cc2)n1.